The first-order valence-electron chi connectivity index (χ1n) is 12.9. The van der Waals surface area contributed by atoms with E-state index in [0.29, 0.717) is 28.2 Å². The normalized spacial score (nSPS) is 15.2. The van der Waals surface area contributed by atoms with Crippen molar-refractivity contribution in [2.75, 3.05) is 12.0 Å². The number of nitrogens with zero attached hydrogens (tertiary/aromatic N) is 2. The lowest BCUT2D eigenvalue weighted by atomic mass is 10.1. The molecular weight excluding hydrogens is 516 g/mol. The highest BCUT2D eigenvalue weighted by molar-refractivity contribution is 8.19. The minimum absolute atomic E-state index is 0.124. The first kappa shape index (κ1) is 25.5. The lowest BCUT2D eigenvalue weighted by molar-refractivity contribution is -0.113. The number of carbonyl (C=O) groups is 1. The summed E-state index contributed by atoms with van der Waals surface area (Å²) in [6.45, 7) is 0.415. The standard InChI is InChI=1S/C34H26N2O3S/c1-38-31-21-24(19-20-30(31)39-23-26-13-10-12-25-11-8-9-18-29(25)26)22-32-33(37)36(28-16-6-3-7-17-28)34(40-32)35-27-14-4-2-5-15-27/h2-22H,23H2,1H3/b32-22+,35-34?. The summed E-state index contributed by atoms with van der Waals surface area (Å²) in [4.78, 5) is 20.6. The maximum absolute atomic E-state index is 13.6. The molecule has 196 valence electrons. The zero-order chi connectivity index (χ0) is 27.3. The van der Waals surface area contributed by atoms with Gasteiger partial charge in [-0.05, 0) is 76.1 Å². The molecular formula is C34H26N2O3S. The van der Waals surface area contributed by atoms with Gasteiger partial charge in [0.1, 0.15) is 6.61 Å². The van der Waals surface area contributed by atoms with E-state index in [-0.39, 0.29) is 5.91 Å². The van der Waals surface area contributed by atoms with Crippen molar-refractivity contribution < 1.29 is 14.3 Å². The van der Waals surface area contributed by atoms with E-state index < -0.39 is 0 Å². The topological polar surface area (TPSA) is 51.1 Å². The number of anilines is 1. The molecule has 0 unspecified atom stereocenters. The average molecular weight is 543 g/mol. The maximum Gasteiger partial charge on any atom is 0.271 e. The van der Waals surface area contributed by atoms with Crippen LogP contribution in [-0.4, -0.2) is 18.2 Å². The van der Waals surface area contributed by atoms with Crippen LogP contribution in [0.4, 0.5) is 11.4 Å². The van der Waals surface area contributed by atoms with Gasteiger partial charge in [0.15, 0.2) is 16.7 Å². The molecule has 5 aromatic rings. The number of amides is 1. The molecule has 0 atom stereocenters. The Morgan fingerprint density at radius 3 is 2.33 bits per heavy atom. The van der Waals surface area contributed by atoms with Gasteiger partial charge < -0.3 is 9.47 Å². The molecule has 0 saturated carbocycles. The fourth-order valence-electron chi connectivity index (χ4n) is 4.58. The zero-order valence-electron chi connectivity index (χ0n) is 21.9. The number of thioether (sulfide) groups is 1. The van der Waals surface area contributed by atoms with Crippen molar-refractivity contribution in [3.63, 3.8) is 0 Å². The van der Waals surface area contributed by atoms with Gasteiger partial charge in [0.2, 0.25) is 0 Å². The molecule has 1 aliphatic heterocycles. The summed E-state index contributed by atoms with van der Waals surface area (Å²) < 4.78 is 11.8. The van der Waals surface area contributed by atoms with E-state index in [1.54, 1.807) is 12.0 Å². The summed E-state index contributed by atoms with van der Waals surface area (Å²) in [7, 11) is 1.62. The molecule has 1 heterocycles. The molecule has 5 aromatic carbocycles. The number of hydrogen-bond acceptors (Lipinski definition) is 5. The molecule has 0 aliphatic carbocycles. The van der Waals surface area contributed by atoms with Crippen molar-refractivity contribution in [1.82, 2.24) is 0 Å². The third-order valence-corrected chi connectivity index (χ3v) is 7.52. The van der Waals surface area contributed by atoms with Crippen LogP contribution in [0, 0.1) is 0 Å². The van der Waals surface area contributed by atoms with Gasteiger partial charge in [-0.15, -0.1) is 0 Å². The highest BCUT2D eigenvalue weighted by atomic mass is 32.2. The summed E-state index contributed by atoms with van der Waals surface area (Å²) in [5, 5.41) is 2.95. The number of amidine groups is 1. The molecule has 5 nitrogen and oxygen atoms in total. The smallest absolute Gasteiger partial charge is 0.271 e. The van der Waals surface area contributed by atoms with E-state index in [4.69, 9.17) is 14.5 Å². The Labute approximate surface area is 237 Å². The first-order valence-corrected chi connectivity index (χ1v) is 13.7. The molecule has 40 heavy (non-hydrogen) atoms. The Kier molecular flexibility index (Phi) is 7.33. The summed E-state index contributed by atoms with van der Waals surface area (Å²) in [5.41, 5.74) is 3.49. The van der Waals surface area contributed by atoms with Crippen LogP contribution in [-0.2, 0) is 11.4 Å². The number of fused-ring (bicyclic) bond motifs is 1. The van der Waals surface area contributed by atoms with Crippen molar-refractivity contribution in [3.8, 4) is 11.5 Å². The molecule has 0 N–H and O–H groups in total. The van der Waals surface area contributed by atoms with E-state index in [2.05, 4.69) is 24.3 Å². The number of methoxy groups -OCH3 is 1. The molecule has 6 rings (SSSR count). The van der Waals surface area contributed by atoms with Gasteiger partial charge in [-0.1, -0.05) is 84.9 Å². The largest absolute Gasteiger partial charge is 0.493 e. The monoisotopic (exact) mass is 542 g/mol. The SMILES string of the molecule is COc1cc(/C=C2/SC(=Nc3ccccc3)N(c3ccccc3)C2=O)ccc1OCc1cccc2ccccc12. The second-order valence-electron chi connectivity index (χ2n) is 9.15. The van der Waals surface area contributed by atoms with Crippen molar-refractivity contribution in [2.45, 2.75) is 6.61 Å². The van der Waals surface area contributed by atoms with Crippen LogP contribution in [0.15, 0.2) is 131 Å². The predicted octanol–water partition coefficient (Wildman–Crippen LogP) is 8.24. The van der Waals surface area contributed by atoms with Crippen LogP contribution in [0.2, 0.25) is 0 Å². The van der Waals surface area contributed by atoms with Gasteiger partial charge in [-0.25, -0.2) is 4.99 Å². The number of carbonyl (C=O) groups excluding carboxylic acids is 1. The Morgan fingerprint density at radius 1 is 0.800 bits per heavy atom. The Hall–Kier alpha value is -4.81. The molecule has 0 radical (unpaired) electrons. The maximum atomic E-state index is 13.6. The Morgan fingerprint density at radius 2 is 1.52 bits per heavy atom. The van der Waals surface area contributed by atoms with Gasteiger partial charge >= 0.3 is 0 Å². The number of rotatable bonds is 7. The van der Waals surface area contributed by atoms with E-state index in [0.717, 1.165) is 27.9 Å². The highest BCUT2D eigenvalue weighted by Crippen LogP contribution is 2.38. The van der Waals surface area contributed by atoms with Crippen molar-refractivity contribution in [1.29, 1.82) is 0 Å². The van der Waals surface area contributed by atoms with Gasteiger partial charge in [-0.2, -0.15) is 0 Å². The minimum atomic E-state index is -0.124. The number of benzene rings is 5. The summed E-state index contributed by atoms with van der Waals surface area (Å²) >= 11 is 1.35. The van der Waals surface area contributed by atoms with Crippen LogP contribution in [0.3, 0.4) is 0 Å². The van der Waals surface area contributed by atoms with Crippen LogP contribution in [0.5, 0.6) is 11.5 Å². The summed E-state index contributed by atoms with van der Waals surface area (Å²) in [5.74, 6) is 1.12. The van der Waals surface area contributed by atoms with Crippen LogP contribution in [0.1, 0.15) is 11.1 Å². The second-order valence-corrected chi connectivity index (χ2v) is 10.2. The molecule has 0 aromatic heterocycles. The predicted molar refractivity (Wildman–Crippen MR) is 164 cm³/mol. The molecule has 1 amide bonds. The molecule has 1 fully saturated rings. The molecule has 1 saturated heterocycles. The number of para-hydroxylation sites is 2. The number of ether oxygens (including phenoxy) is 2. The fraction of sp³-hybridized carbons (Fsp3) is 0.0588. The van der Waals surface area contributed by atoms with Crippen molar-refractivity contribution in [3.05, 3.63) is 137 Å². The van der Waals surface area contributed by atoms with E-state index in [1.807, 2.05) is 103 Å². The summed E-state index contributed by atoms with van der Waals surface area (Å²) in [6.07, 6.45) is 1.87. The highest BCUT2D eigenvalue weighted by Gasteiger charge is 2.34. The minimum Gasteiger partial charge on any atom is -0.493 e. The molecule has 0 spiro atoms. The molecule has 0 bridgehead atoms. The van der Waals surface area contributed by atoms with E-state index in [1.165, 1.54) is 17.1 Å². The van der Waals surface area contributed by atoms with Gasteiger partial charge in [0, 0.05) is 0 Å². The Bertz CT molecular complexity index is 1730. The lowest BCUT2D eigenvalue weighted by Crippen LogP contribution is -2.28. The first-order chi connectivity index (χ1) is 19.7. The number of hydrogen-bond donors (Lipinski definition) is 0. The third-order valence-electron chi connectivity index (χ3n) is 6.55. The number of aliphatic imine (C=N–C) groups is 1. The summed E-state index contributed by atoms with van der Waals surface area (Å²) in [6, 6.07) is 39.4. The van der Waals surface area contributed by atoms with Gasteiger partial charge in [-0.3, -0.25) is 9.69 Å². The van der Waals surface area contributed by atoms with Crippen molar-refractivity contribution >= 4 is 51.1 Å². The zero-order valence-corrected chi connectivity index (χ0v) is 22.7. The molecule has 6 heteroatoms. The van der Waals surface area contributed by atoms with Crippen LogP contribution < -0.4 is 14.4 Å². The van der Waals surface area contributed by atoms with E-state index in [9.17, 15) is 4.79 Å². The lowest BCUT2D eigenvalue weighted by Gasteiger charge is -2.15. The van der Waals surface area contributed by atoms with Gasteiger partial charge in [0.25, 0.3) is 5.91 Å². The average Bonchev–Trinajstić information content (AvgIpc) is 3.30. The quantitative estimate of drug-likeness (QED) is 0.194. The third kappa shape index (κ3) is 5.35. The van der Waals surface area contributed by atoms with Crippen LogP contribution in [0.25, 0.3) is 16.8 Å². The van der Waals surface area contributed by atoms with Gasteiger partial charge in [0.05, 0.1) is 23.4 Å². The van der Waals surface area contributed by atoms with Crippen LogP contribution >= 0.6 is 11.8 Å². The molecule has 1 aliphatic rings. The van der Waals surface area contributed by atoms with Crippen molar-refractivity contribution in [2.24, 2.45) is 4.99 Å². The fourth-order valence-corrected chi connectivity index (χ4v) is 5.59. The van der Waals surface area contributed by atoms with E-state index >= 15 is 0 Å². The Balaban J connectivity index is 1.28. The second kappa shape index (κ2) is 11.5.